The molecule has 0 amide bonds. The molecule has 116 valence electrons. The van der Waals surface area contributed by atoms with Gasteiger partial charge in [0.15, 0.2) is 5.78 Å². The molecule has 0 saturated heterocycles. The van der Waals surface area contributed by atoms with E-state index in [-0.39, 0.29) is 10.7 Å². The molecule has 2 aromatic rings. The number of rotatable bonds is 5. The van der Waals surface area contributed by atoms with Gasteiger partial charge >= 0.3 is 0 Å². The molecule has 22 heavy (non-hydrogen) atoms. The highest BCUT2D eigenvalue weighted by Gasteiger charge is 2.18. The van der Waals surface area contributed by atoms with Crippen LogP contribution in [0.1, 0.15) is 15.9 Å². The molecule has 0 spiro atoms. The van der Waals surface area contributed by atoms with E-state index in [1.54, 1.807) is 42.3 Å². The summed E-state index contributed by atoms with van der Waals surface area (Å²) in [5, 5.41) is 4.00. The average molecular weight is 319 g/mol. The van der Waals surface area contributed by atoms with Crippen molar-refractivity contribution in [2.24, 2.45) is 7.05 Å². The number of allylic oxidation sites excluding steroid dienone is 1. The first-order valence-corrected chi connectivity index (χ1v) is 7.98. The zero-order valence-electron chi connectivity index (χ0n) is 12.6. The molecule has 0 bridgehead atoms. The van der Waals surface area contributed by atoms with Crippen LogP contribution in [0.2, 0.25) is 0 Å². The Morgan fingerprint density at radius 1 is 1.32 bits per heavy atom. The topological polar surface area (TPSA) is 72.3 Å². The van der Waals surface area contributed by atoms with Crippen molar-refractivity contribution >= 4 is 21.9 Å². The highest BCUT2D eigenvalue weighted by molar-refractivity contribution is 7.89. The SMILES string of the molecule is CN(C)S(=O)(=O)c1cccc(C(=O)/C=C/c2cnn(C)c2)c1. The summed E-state index contributed by atoms with van der Waals surface area (Å²) >= 11 is 0. The van der Waals surface area contributed by atoms with E-state index in [9.17, 15) is 13.2 Å². The van der Waals surface area contributed by atoms with Crippen molar-refractivity contribution in [2.45, 2.75) is 4.90 Å². The molecule has 0 atom stereocenters. The summed E-state index contributed by atoms with van der Waals surface area (Å²) in [5.41, 5.74) is 1.12. The van der Waals surface area contributed by atoms with Crippen LogP contribution in [0.3, 0.4) is 0 Å². The number of carbonyl (C=O) groups is 1. The van der Waals surface area contributed by atoms with Crippen molar-refractivity contribution in [1.82, 2.24) is 14.1 Å². The molecule has 7 heteroatoms. The van der Waals surface area contributed by atoms with Crippen molar-refractivity contribution < 1.29 is 13.2 Å². The lowest BCUT2D eigenvalue weighted by atomic mass is 10.1. The third kappa shape index (κ3) is 3.49. The number of hydrogen-bond acceptors (Lipinski definition) is 4. The molecular formula is C15H17N3O3S. The Morgan fingerprint density at radius 3 is 2.64 bits per heavy atom. The maximum absolute atomic E-state index is 12.2. The Labute approximate surface area is 129 Å². The van der Waals surface area contributed by atoms with Crippen LogP contribution in [0.4, 0.5) is 0 Å². The average Bonchev–Trinajstić information content (AvgIpc) is 2.90. The Morgan fingerprint density at radius 2 is 2.05 bits per heavy atom. The van der Waals surface area contributed by atoms with E-state index in [0.29, 0.717) is 5.56 Å². The standard InChI is InChI=1S/C15H17N3O3S/c1-17(2)22(20,21)14-6-4-5-13(9-14)15(19)8-7-12-10-16-18(3)11-12/h4-11H,1-3H3/b8-7+. The number of carbonyl (C=O) groups excluding carboxylic acids is 1. The number of hydrogen-bond donors (Lipinski definition) is 0. The van der Waals surface area contributed by atoms with Gasteiger partial charge in [-0.15, -0.1) is 0 Å². The van der Waals surface area contributed by atoms with Gasteiger partial charge in [0.25, 0.3) is 0 Å². The molecule has 0 N–H and O–H groups in total. The first-order chi connectivity index (χ1) is 10.3. The molecule has 1 heterocycles. The Bertz CT molecular complexity index is 820. The minimum Gasteiger partial charge on any atom is -0.289 e. The van der Waals surface area contributed by atoms with E-state index >= 15 is 0 Å². The fraction of sp³-hybridized carbons (Fsp3) is 0.200. The molecule has 1 aromatic carbocycles. The van der Waals surface area contributed by atoms with Gasteiger partial charge in [-0.25, -0.2) is 12.7 Å². The fourth-order valence-electron chi connectivity index (χ4n) is 1.81. The van der Waals surface area contributed by atoms with Crippen molar-refractivity contribution in [3.63, 3.8) is 0 Å². The first-order valence-electron chi connectivity index (χ1n) is 6.54. The fourth-order valence-corrected chi connectivity index (χ4v) is 2.76. The van der Waals surface area contributed by atoms with Gasteiger partial charge in [-0.1, -0.05) is 12.1 Å². The molecule has 0 aliphatic rings. The van der Waals surface area contributed by atoms with Gasteiger partial charge in [0.2, 0.25) is 10.0 Å². The van der Waals surface area contributed by atoms with E-state index in [4.69, 9.17) is 0 Å². The van der Waals surface area contributed by atoms with E-state index in [1.807, 2.05) is 0 Å². The lowest BCUT2D eigenvalue weighted by molar-refractivity contribution is 0.104. The van der Waals surface area contributed by atoms with Crippen LogP contribution in [-0.2, 0) is 17.1 Å². The summed E-state index contributed by atoms with van der Waals surface area (Å²) in [6.45, 7) is 0. The van der Waals surface area contributed by atoms with Gasteiger partial charge in [-0.2, -0.15) is 5.10 Å². The monoisotopic (exact) mass is 319 g/mol. The summed E-state index contributed by atoms with van der Waals surface area (Å²) in [6, 6.07) is 5.99. The first kappa shape index (κ1) is 16.1. The maximum Gasteiger partial charge on any atom is 0.242 e. The van der Waals surface area contributed by atoms with Gasteiger partial charge in [0.1, 0.15) is 0 Å². The van der Waals surface area contributed by atoms with Crippen molar-refractivity contribution in [3.8, 4) is 0 Å². The molecule has 0 fully saturated rings. The molecule has 1 aromatic heterocycles. The molecule has 0 unspecified atom stereocenters. The zero-order chi connectivity index (χ0) is 16.3. The highest BCUT2D eigenvalue weighted by atomic mass is 32.2. The molecule has 0 aliphatic carbocycles. The smallest absolute Gasteiger partial charge is 0.242 e. The van der Waals surface area contributed by atoms with E-state index in [2.05, 4.69) is 5.10 Å². The maximum atomic E-state index is 12.2. The predicted molar refractivity (Wildman–Crippen MR) is 83.9 cm³/mol. The van der Waals surface area contributed by atoms with Crippen LogP contribution in [0.25, 0.3) is 6.08 Å². The second kappa shape index (κ2) is 6.25. The third-order valence-corrected chi connectivity index (χ3v) is 4.86. The summed E-state index contributed by atoms with van der Waals surface area (Å²) in [6.07, 6.45) is 6.45. The van der Waals surface area contributed by atoms with Crippen LogP contribution >= 0.6 is 0 Å². The van der Waals surface area contributed by atoms with Crippen LogP contribution < -0.4 is 0 Å². The largest absolute Gasteiger partial charge is 0.289 e. The van der Waals surface area contributed by atoms with E-state index in [0.717, 1.165) is 9.87 Å². The summed E-state index contributed by atoms with van der Waals surface area (Å²) in [7, 11) is 1.13. The normalized spacial score (nSPS) is 12.2. The summed E-state index contributed by atoms with van der Waals surface area (Å²) in [4.78, 5) is 12.2. The molecule has 0 saturated carbocycles. The van der Waals surface area contributed by atoms with Gasteiger partial charge < -0.3 is 0 Å². The molecule has 2 rings (SSSR count). The zero-order valence-corrected chi connectivity index (χ0v) is 13.4. The predicted octanol–water partition coefficient (Wildman–Crippen LogP) is 1.57. The molecule has 0 radical (unpaired) electrons. The number of aromatic nitrogens is 2. The third-order valence-electron chi connectivity index (χ3n) is 3.05. The van der Waals surface area contributed by atoms with E-state index in [1.165, 1.54) is 32.3 Å². The Hall–Kier alpha value is -2.25. The van der Waals surface area contributed by atoms with Gasteiger partial charge in [-0.05, 0) is 24.3 Å². The van der Waals surface area contributed by atoms with Crippen molar-refractivity contribution in [1.29, 1.82) is 0 Å². The van der Waals surface area contributed by atoms with Crippen LogP contribution in [0, 0.1) is 0 Å². The molecular weight excluding hydrogens is 302 g/mol. The Kier molecular flexibility index (Phi) is 4.58. The summed E-state index contributed by atoms with van der Waals surface area (Å²) < 4.78 is 26.9. The van der Waals surface area contributed by atoms with Gasteiger partial charge in [-0.3, -0.25) is 9.48 Å². The number of ketones is 1. The van der Waals surface area contributed by atoms with Gasteiger partial charge in [0, 0.05) is 38.5 Å². The second-order valence-corrected chi connectivity index (χ2v) is 7.11. The minimum absolute atomic E-state index is 0.0955. The van der Waals surface area contributed by atoms with Crippen LogP contribution in [0.5, 0.6) is 0 Å². The number of nitrogens with zero attached hydrogens (tertiary/aromatic N) is 3. The van der Waals surface area contributed by atoms with E-state index < -0.39 is 10.0 Å². The number of aryl methyl sites for hydroxylation is 1. The van der Waals surface area contributed by atoms with Crippen molar-refractivity contribution in [2.75, 3.05) is 14.1 Å². The highest BCUT2D eigenvalue weighted by Crippen LogP contribution is 2.15. The Balaban J connectivity index is 2.26. The summed E-state index contributed by atoms with van der Waals surface area (Å²) in [5.74, 6) is -0.264. The quantitative estimate of drug-likeness (QED) is 0.619. The second-order valence-electron chi connectivity index (χ2n) is 4.96. The van der Waals surface area contributed by atoms with Crippen LogP contribution in [0.15, 0.2) is 47.6 Å². The van der Waals surface area contributed by atoms with Crippen molar-refractivity contribution in [3.05, 3.63) is 53.9 Å². The van der Waals surface area contributed by atoms with Crippen LogP contribution in [-0.4, -0.2) is 42.4 Å². The van der Waals surface area contributed by atoms with Gasteiger partial charge in [0.05, 0.1) is 11.1 Å². The molecule has 0 aliphatic heterocycles. The lowest BCUT2D eigenvalue weighted by Crippen LogP contribution is -2.22. The molecule has 6 nitrogen and oxygen atoms in total. The number of benzene rings is 1. The minimum atomic E-state index is -3.55. The number of sulfonamides is 1. The lowest BCUT2D eigenvalue weighted by Gasteiger charge is -2.11.